The molecule has 0 radical (unpaired) electrons. The summed E-state index contributed by atoms with van der Waals surface area (Å²) in [6.07, 6.45) is 0. The Bertz CT molecular complexity index is 220. The normalized spacial score (nSPS) is 8.00. The van der Waals surface area contributed by atoms with Crippen LogP contribution in [0.25, 0.3) is 0 Å². The maximum atomic E-state index is 9.95. The summed E-state index contributed by atoms with van der Waals surface area (Å²) in [5.74, 6) is 0. The average molecular weight is 209 g/mol. The van der Waals surface area contributed by atoms with Crippen LogP contribution in [0.5, 0.6) is 0 Å². The number of rotatable bonds is 0. The predicted molar refractivity (Wildman–Crippen MR) is 22.0 cm³/mol. The van der Waals surface area contributed by atoms with Crippen molar-refractivity contribution in [3.8, 4) is 0 Å². The summed E-state index contributed by atoms with van der Waals surface area (Å²) >= 11 is 0. The molecule has 0 atom stereocenters. The van der Waals surface area contributed by atoms with E-state index >= 15 is 0 Å². The van der Waals surface area contributed by atoms with Gasteiger partial charge in [0.25, 0.3) is 0 Å². The van der Waals surface area contributed by atoms with Gasteiger partial charge in [-0.2, -0.15) is 0 Å². The second-order valence-electron chi connectivity index (χ2n) is 1.03. The van der Waals surface area contributed by atoms with Gasteiger partial charge in [-0.15, -0.1) is 0 Å². The van der Waals surface area contributed by atoms with Gasteiger partial charge in [0, 0.05) is 0 Å². The number of hydrogen-bond donors (Lipinski definition) is 3. The summed E-state index contributed by atoms with van der Waals surface area (Å²) in [6, 6.07) is 0. The van der Waals surface area contributed by atoms with E-state index in [1.54, 1.807) is 0 Å². The Labute approximate surface area is 59.0 Å². The van der Waals surface area contributed by atoms with Gasteiger partial charge >= 0.3 is 33.8 Å². The van der Waals surface area contributed by atoms with Crippen LogP contribution in [0.4, 0.5) is 0 Å². The van der Waals surface area contributed by atoms with Gasteiger partial charge in [0.05, 0.1) is 0 Å². The third kappa shape index (κ3) is 1.53. The summed E-state index contributed by atoms with van der Waals surface area (Å²) in [4.78, 5) is 21.8. The topological polar surface area (TPSA) is 81.5 Å². The van der Waals surface area contributed by atoms with Crippen molar-refractivity contribution >= 4 is 0 Å². The minimum Gasteiger partial charge on any atom is -0.257 e. The minimum atomic E-state index is -0.509. The number of aromatic amines is 3. The number of nitrogens with one attached hydrogen (secondary N) is 3. The Kier molecular flexibility index (Phi) is 2.53. The van der Waals surface area contributed by atoms with Crippen molar-refractivity contribution in [3.63, 3.8) is 0 Å². The number of aromatic nitrogens is 3. The van der Waals surface area contributed by atoms with E-state index in [-0.39, 0.29) is 22.4 Å². The molecule has 1 heterocycles. The SMILES string of the molecule is O=c1[nH][nH]c(=O)[nH]1.[Ag+]. The Morgan fingerprint density at radius 2 is 1.38 bits per heavy atom. The summed E-state index contributed by atoms with van der Waals surface area (Å²) in [6.45, 7) is 0. The molecule has 0 saturated heterocycles. The van der Waals surface area contributed by atoms with Gasteiger partial charge in [-0.1, -0.05) is 0 Å². The Morgan fingerprint density at radius 3 is 1.50 bits per heavy atom. The maximum absolute atomic E-state index is 9.95. The molecular weight excluding hydrogens is 206 g/mol. The van der Waals surface area contributed by atoms with Gasteiger partial charge in [-0.05, 0) is 0 Å². The van der Waals surface area contributed by atoms with Crippen molar-refractivity contribution in [2.75, 3.05) is 0 Å². The quantitative estimate of drug-likeness (QED) is 0.449. The zero-order chi connectivity index (χ0) is 5.28. The molecule has 8 heavy (non-hydrogen) atoms. The molecule has 0 saturated carbocycles. The van der Waals surface area contributed by atoms with Gasteiger partial charge in [0.2, 0.25) is 0 Å². The maximum Gasteiger partial charge on any atom is 1.00 e. The van der Waals surface area contributed by atoms with Crippen LogP contribution in [0.1, 0.15) is 0 Å². The molecule has 6 heteroatoms. The van der Waals surface area contributed by atoms with E-state index in [4.69, 9.17) is 0 Å². The number of hydrogen-bond acceptors (Lipinski definition) is 2. The first kappa shape index (κ1) is 7.48. The standard InChI is InChI=1S/C2H3N3O2.Ag/c6-1-3-2(7)5-4-1;/h(H3,3,4,5,6,7);/q;+1. The monoisotopic (exact) mass is 208 g/mol. The first-order valence-electron chi connectivity index (χ1n) is 1.66. The first-order chi connectivity index (χ1) is 3.29. The van der Waals surface area contributed by atoms with Gasteiger partial charge in [0.15, 0.2) is 0 Å². The third-order valence-corrected chi connectivity index (χ3v) is 0.517. The summed E-state index contributed by atoms with van der Waals surface area (Å²) in [5, 5.41) is 4.04. The summed E-state index contributed by atoms with van der Waals surface area (Å²) in [5.41, 5.74) is -1.02. The van der Waals surface area contributed by atoms with Crippen LogP contribution in [-0.2, 0) is 22.4 Å². The fraction of sp³-hybridized carbons (Fsp3) is 0. The Morgan fingerprint density at radius 1 is 1.00 bits per heavy atom. The van der Waals surface area contributed by atoms with Crippen molar-refractivity contribution < 1.29 is 22.4 Å². The van der Waals surface area contributed by atoms with E-state index in [9.17, 15) is 9.59 Å². The van der Waals surface area contributed by atoms with Crippen LogP contribution in [-0.4, -0.2) is 15.2 Å². The van der Waals surface area contributed by atoms with E-state index in [0.717, 1.165) is 0 Å². The molecule has 0 bridgehead atoms. The zero-order valence-electron chi connectivity index (χ0n) is 3.62. The third-order valence-electron chi connectivity index (χ3n) is 0.517. The van der Waals surface area contributed by atoms with Crippen molar-refractivity contribution in [1.29, 1.82) is 0 Å². The fourth-order valence-electron chi connectivity index (χ4n) is 0.279. The van der Waals surface area contributed by atoms with E-state index < -0.39 is 11.4 Å². The van der Waals surface area contributed by atoms with E-state index in [1.165, 1.54) is 0 Å². The van der Waals surface area contributed by atoms with Crippen LogP contribution in [0, 0.1) is 0 Å². The van der Waals surface area contributed by atoms with Gasteiger partial charge < -0.3 is 0 Å². The first-order valence-corrected chi connectivity index (χ1v) is 1.66. The second-order valence-corrected chi connectivity index (χ2v) is 1.03. The van der Waals surface area contributed by atoms with E-state index in [1.807, 2.05) is 15.2 Å². The fourth-order valence-corrected chi connectivity index (χ4v) is 0.279. The molecule has 0 aliphatic rings. The van der Waals surface area contributed by atoms with E-state index in [2.05, 4.69) is 0 Å². The summed E-state index contributed by atoms with van der Waals surface area (Å²) < 4.78 is 0. The van der Waals surface area contributed by atoms with Gasteiger partial charge in [-0.3, -0.25) is 4.98 Å². The molecule has 48 valence electrons. The largest absolute Gasteiger partial charge is 1.00 e. The second kappa shape index (κ2) is 2.71. The van der Waals surface area contributed by atoms with Crippen LogP contribution in [0.15, 0.2) is 9.59 Å². The average Bonchev–Trinajstić information content (AvgIpc) is 1.87. The number of H-pyrrole nitrogens is 3. The predicted octanol–water partition coefficient (Wildman–Crippen LogP) is -1.61. The molecule has 0 amide bonds. The smallest absolute Gasteiger partial charge is 0.257 e. The van der Waals surface area contributed by atoms with Crippen LogP contribution in [0.3, 0.4) is 0 Å². The molecule has 1 rings (SSSR count). The zero-order valence-corrected chi connectivity index (χ0v) is 5.10. The molecule has 3 N–H and O–H groups in total. The summed E-state index contributed by atoms with van der Waals surface area (Å²) in [7, 11) is 0. The van der Waals surface area contributed by atoms with Crippen molar-refractivity contribution in [2.45, 2.75) is 0 Å². The van der Waals surface area contributed by atoms with Gasteiger partial charge in [-0.25, -0.2) is 19.8 Å². The van der Waals surface area contributed by atoms with Crippen LogP contribution < -0.4 is 11.4 Å². The molecule has 0 aromatic carbocycles. The van der Waals surface area contributed by atoms with Crippen LogP contribution >= 0.6 is 0 Å². The minimum absolute atomic E-state index is 0. The molecule has 1 aromatic heterocycles. The molecule has 0 aliphatic heterocycles. The molecule has 1 aromatic rings. The van der Waals surface area contributed by atoms with Crippen molar-refractivity contribution in [1.82, 2.24) is 15.2 Å². The molecule has 0 fully saturated rings. The van der Waals surface area contributed by atoms with Crippen LogP contribution in [0.2, 0.25) is 0 Å². The molecular formula is C2H3AgN3O2+. The van der Waals surface area contributed by atoms with Crippen molar-refractivity contribution in [3.05, 3.63) is 21.0 Å². The van der Waals surface area contributed by atoms with E-state index in [0.29, 0.717) is 0 Å². The Hall–Kier alpha value is -0.520. The Balaban J connectivity index is 0.000000490. The molecule has 0 aliphatic carbocycles. The van der Waals surface area contributed by atoms with Crippen molar-refractivity contribution in [2.24, 2.45) is 0 Å². The van der Waals surface area contributed by atoms with Gasteiger partial charge in [0.1, 0.15) is 0 Å². The molecule has 0 unspecified atom stereocenters. The molecule has 5 nitrogen and oxygen atoms in total. The molecule has 0 spiro atoms.